The van der Waals surface area contributed by atoms with E-state index in [1.54, 1.807) is 17.0 Å². The lowest BCUT2D eigenvalue weighted by Crippen LogP contribution is -2.43. The molecule has 4 rings (SSSR count). The van der Waals surface area contributed by atoms with Crippen molar-refractivity contribution in [3.63, 3.8) is 0 Å². The summed E-state index contributed by atoms with van der Waals surface area (Å²) in [5, 5.41) is 10.5. The summed E-state index contributed by atoms with van der Waals surface area (Å²) in [6.45, 7) is 4.44. The van der Waals surface area contributed by atoms with Crippen LogP contribution in [-0.2, 0) is 38.9 Å². The molecule has 0 saturated carbocycles. The number of aromatic nitrogens is 1. The summed E-state index contributed by atoms with van der Waals surface area (Å²) >= 11 is 0. The topological polar surface area (TPSA) is 146 Å². The molecule has 3 aromatic carbocycles. The fraction of sp³-hybridized carbons (Fsp3) is 0.350. The number of carbonyl (C=O) groups is 3. The number of ketones is 1. The SMILES string of the molecule is COc1ccc(C(=O)CCC(=O)N(Cc2ccc(-c3ccc(CNCCc4ccc(S(C)(=O)=O)cc4)cn3)cc2)C(C)CN(C)C)cc1F.O=C(O)C(F)(F)F. The molecule has 56 heavy (non-hydrogen) atoms. The minimum absolute atomic E-state index is 0.0198. The predicted molar refractivity (Wildman–Crippen MR) is 203 cm³/mol. The van der Waals surface area contributed by atoms with Gasteiger partial charge in [0.2, 0.25) is 5.91 Å². The van der Waals surface area contributed by atoms with Gasteiger partial charge in [-0.1, -0.05) is 42.5 Å². The molecule has 0 aliphatic heterocycles. The van der Waals surface area contributed by atoms with Gasteiger partial charge < -0.3 is 25.0 Å². The summed E-state index contributed by atoms with van der Waals surface area (Å²) in [5.74, 6) is -3.75. The van der Waals surface area contributed by atoms with E-state index in [0.717, 1.165) is 47.0 Å². The van der Waals surface area contributed by atoms with Gasteiger partial charge in [0.1, 0.15) is 0 Å². The number of hydrogen-bond donors (Lipinski definition) is 2. The fourth-order valence-corrected chi connectivity index (χ4v) is 6.14. The Balaban J connectivity index is 0.00000109. The molecule has 0 bridgehead atoms. The number of ether oxygens (including phenoxy) is 1. The van der Waals surface area contributed by atoms with Crippen molar-refractivity contribution in [3.8, 4) is 17.0 Å². The highest BCUT2D eigenvalue weighted by molar-refractivity contribution is 7.90. The van der Waals surface area contributed by atoms with Crippen LogP contribution in [0, 0.1) is 5.82 Å². The number of pyridine rings is 1. The third-order valence-corrected chi connectivity index (χ3v) is 9.59. The molecule has 0 spiro atoms. The maximum Gasteiger partial charge on any atom is 0.490 e. The highest BCUT2D eigenvalue weighted by Gasteiger charge is 2.38. The molecule has 1 amide bonds. The molecule has 0 radical (unpaired) electrons. The Morgan fingerprint density at radius 2 is 1.52 bits per heavy atom. The third kappa shape index (κ3) is 14.5. The average Bonchev–Trinajstić information content (AvgIpc) is 3.14. The molecule has 16 heteroatoms. The second-order valence-corrected chi connectivity index (χ2v) is 15.3. The van der Waals surface area contributed by atoms with Crippen LogP contribution in [0.15, 0.2) is 90.0 Å². The van der Waals surface area contributed by atoms with E-state index in [1.165, 1.54) is 25.5 Å². The molecule has 4 aromatic rings. The summed E-state index contributed by atoms with van der Waals surface area (Å²) < 4.78 is 74.1. The predicted octanol–water partition coefficient (Wildman–Crippen LogP) is 6.21. The largest absolute Gasteiger partial charge is 0.494 e. The maximum absolute atomic E-state index is 14.1. The van der Waals surface area contributed by atoms with Gasteiger partial charge in [-0.15, -0.1) is 0 Å². The molecule has 0 saturated heterocycles. The van der Waals surface area contributed by atoms with Gasteiger partial charge in [0.05, 0.1) is 17.7 Å². The van der Waals surface area contributed by atoms with Crippen molar-refractivity contribution in [2.45, 2.75) is 56.4 Å². The van der Waals surface area contributed by atoms with E-state index < -0.39 is 27.8 Å². The fourth-order valence-electron chi connectivity index (χ4n) is 5.51. The molecule has 11 nitrogen and oxygen atoms in total. The molecule has 302 valence electrons. The molecule has 0 aliphatic carbocycles. The van der Waals surface area contributed by atoms with Crippen molar-refractivity contribution in [1.82, 2.24) is 20.1 Å². The van der Waals surface area contributed by atoms with Gasteiger partial charge in [-0.3, -0.25) is 14.6 Å². The Morgan fingerprint density at radius 3 is 2.04 bits per heavy atom. The number of hydrogen-bond acceptors (Lipinski definition) is 9. The van der Waals surface area contributed by atoms with Gasteiger partial charge in [0, 0.05) is 62.1 Å². The summed E-state index contributed by atoms with van der Waals surface area (Å²) in [6, 6.07) is 22.9. The van der Waals surface area contributed by atoms with Crippen molar-refractivity contribution >= 4 is 27.5 Å². The van der Waals surface area contributed by atoms with Gasteiger partial charge >= 0.3 is 12.1 Å². The number of sulfone groups is 1. The quantitative estimate of drug-likeness (QED) is 0.0719. The van der Waals surface area contributed by atoms with Gasteiger partial charge in [-0.2, -0.15) is 13.2 Å². The lowest BCUT2D eigenvalue weighted by molar-refractivity contribution is -0.192. The van der Waals surface area contributed by atoms with E-state index in [2.05, 4.69) is 10.3 Å². The Kier molecular flexibility index (Phi) is 16.7. The summed E-state index contributed by atoms with van der Waals surface area (Å²) in [6.07, 6.45) is -1.25. The number of amides is 1. The van der Waals surface area contributed by atoms with Crippen molar-refractivity contribution in [1.29, 1.82) is 0 Å². The normalized spacial score (nSPS) is 12.0. The van der Waals surface area contributed by atoms with Gasteiger partial charge in [-0.25, -0.2) is 17.6 Å². The van der Waals surface area contributed by atoms with E-state index in [9.17, 15) is 35.6 Å². The Hall–Kier alpha value is -5.19. The van der Waals surface area contributed by atoms with E-state index in [-0.39, 0.29) is 41.9 Å². The van der Waals surface area contributed by atoms with Crippen LogP contribution < -0.4 is 10.1 Å². The molecule has 2 N–H and O–H groups in total. The van der Waals surface area contributed by atoms with Gasteiger partial charge in [0.15, 0.2) is 27.2 Å². The smallest absolute Gasteiger partial charge is 0.490 e. The number of methoxy groups -OCH3 is 1. The highest BCUT2D eigenvalue weighted by atomic mass is 32.2. The first-order valence-corrected chi connectivity index (χ1v) is 19.3. The average molecular weight is 803 g/mol. The minimum Gasteiger partial charge on any atom is -0.494 e. The molecule has 1 heterocycles. The molecule has 1 atom stereocenters. The first-order chi connectivity index (χ1) is 26.3. The first kappa shape index (κ1) is 45.2. The van der Waals surface area contributed by atoms with Crippen LogP contribution in [-0.4, -0.2) is 98.7 Å². The molecule has 0 fully saturated rings. The van der Waals surface area contributed by atoms with Crippen molar-refractivity contribution < 1.29 is 50.2 Å². The highest BCUT2D eigenvalue weighted by Crippen LogP contribution is 2.22. The minimum atomic E-state index is -5.08. The third-order valence-electron chi connectivity index (χ3n) is 8.46. The van der Waals surface area contributed by atoms with Crippen molar-refractivity contribution in [2.24, 2.45) is 0 Å². The molecule has 1 unspecified atom stereocenters. The van der Waals surface area contributed by atoms with E-state index in [4.69, 9.17) is 14.6 Å². The number of nitrogens with zero attached hydrogens (tertiary/aromatic N) is 3. The second-order valence-electron chi connectivity index (χ2n) is 13.3. The number of alkyl halides is 3. The monoisotopic (exact) mass is 802 g/mol. The number of aliphatic carboxylic acids is 1. The Bertz CT molecular complexity index is 2030. The number of carboxylic acids is 1. The summed E-state index contributed by atoms with van der Waals surface area (Å²) in [7, 11) is 2.07. The molecular formula is C40H46F4N4O7S. The number of rotatable bonds is 17. The molecule has 0 aliphatic rings. The number of nitrogens with one attached hydrogen (secondary N) is 1. The summed E-state index contributed by atoms with van der Waals surface area (Å²) in [5.41, 5.74) is 5.07. The van der Waals surface area contributed by atoms with Crippen molar-refractivity contribution in [3.05, 3.63) is 113 Å². The zero-order valence-electron chi connectivity index (χ0n) is 31.8. The lowest BCUT2D eigenvalue weighted by Gasteiger charge is -2.31. The van der Waals surface area contributed by atoms with Crippen LogP contribution >= 0.6 is 0 Å². The lowest BCUT2D eigenvalue weighted by atomic mass is 10.0. The van der Waals surface area contributed by atoms with E-state index >= 15 is 0 Å². The van der Waals surface area contributed by atoms with Crippen LogP contribution in [0.2, 0.25) is 0 Å². The zero-order valence-corrected chi connectivity index (χ0v) is 32.6. The number of carboxylic acid groups (broad SMARTS) is 1. The van der Waals surface area contributed by atoms with Crippen LogP contribution in [0.4, 0.5) is 17.6 Å². The van der Waals surface area contributed by atoms with E-state index in [1.807, 2.05) is 80.6 Å². The van der Waals surface area contributed by atoms with E-state index in [0.29, 0.717) is 24.5 Å². The number of halogens is 4. The Labute approximate surface area is 324 Å². The molecule has 1 aromatic heterocycles. The number of Topliss-reactive ketones (excluding diaryl/α,β-unsaturated/α-hetero) is 1. The first-order valence-electron chi connectivity index (χ1n) is 17.4. The summed E-state index contributed by atoms with van der Waals surface area (Å²) in [4.78, 5) is 43.9. The number of likely N-dealkylation sites (N-methyl/N-ethyl adjacent to an activating group) is 1. The van der Waals surface area contributed by atoms with Crippen LogP contribution in [0.25, 0.3) is 11.3 Å². The standard InChI is InChI=1S/C38H45FN4O5S.C2HF3O2/c1-27(25-42(2)3)43(38(45)19-17-36(44)32-13-18-37(48-4)34(39)22-32)26-29-6-11-31(12-7-29)35-16-10-30(24-41-35)23-40-21-20-28-8-14-33(15-9-28)49(5,46)47;3-2(4,5)1(6)7/h6-16,18,22,24,27,40H,17,19-21,23,25-26H2,1-5H3;(H,6,7). The number of benzene rings is 3. The maximum atomic E-state index is 14.1. The second kappa shape index (κ2) is 20.6. The van der Waals surface area contributed by atoms with Gasteiger partial charge in [0.25, 0.3) is 0 Å². The van der Waals surface area contributed by atoms with Crippen molar-refractivity contribution in [2.75, 3.05) is 40.6 Å². The van der Waals surface area contributed by atoms with Gasteiger partial charge in [-0.05, 0) is 87.1 Å². The molecular weight excluding hydrogens is 757 g/mol. The van der Waals surface area contributed by atoms with Crippen LogP contribution in [0.5, 0.6) is 5.75 Å². The Morgan fingerprint density at radius 1 is 0.911 bits per heavy atom. The van der Waals surface area contributed by atoms with Crippen LogP contribution in [0.1, 0.15) is 46.8 Å². The van der Waals surface area contributed by atoms with Crippen LogP contribution in [0.3, 0.4) is 0 Å². The number of carbonyl (C=O) groups excluding carboxylic acids is 2. The zero-order chi connectivity index (χ0) is 41.6.